The molecule has 8 nitrogen and oxygen atoms in total. The SMILES string of the molecule is C[N+]1(C)CCCC2CC(P(=O)(O)O)(P(=O)(O)O)C(O)C21. The van der Waals surface area contributed by atoms with Crippen LogP contribution in [-0.2, 0) is 9.13 Å². The molecule has 0 bridgehead atoms. The van der Waals surface area contributed by atoms with Gasteiger partial charge in [-0.2, -0.15) is 0 Å². The molecule has 1 saturated heterocycles. The Morgan fingerprint density at radius 1 is 1.10 bits per heavy atom. The first-order valence-corrected chi connectivity index (χ1v) is 9.69. The number of aliphatic hydroxyl groups is 1. The molecule has 3 unspecified atom stereocenters. The number of aliphatic hydroxyl groups excluding tert-OH is 1. The van der Waals surface area contributed by atoms with Crippen LogP contribution in [0.3, 0.4) is 0 Å². The number of piperidine rings is 1. The van der Waals surface area contributed by atoms with Crippen LogP contribution in [0.15, 0.2) is 0 Å². The fourth-order valence-electron chi connectivity index (χ4n) is 4.05. The predicted molar refractivity (Wildman–Crippen MR) is 70.9 cm³/mol. The average Bonchev–Trinajstić information content (AvgIpc) is 2.51. The van der Waals surface area contributed by atoms with Crippen LogP contribution in [-0.4, -0.2) is 66.8 Å². The fourth-order valence-corrected chi connectivity index (χ4v) is 7.34. The Hall–Kier alpha value is 0.220. The van der Waals surface area contributed by atoms with E-state index in [1.807, 2.05) is 14.1 Å². The topological polar surface area (TPSA) is 135 Å². The van der Waals surface area contributed by atoms with E-state index in [0.29, 0.717) is 17.4 Å². The molecule has 0 radical (unpaired) electrons. The Kier molecular flexibility index (Phi) is 3.82. The molecule has 1 aliphatic heterocycles. The van der Waals surface area contributed by atoms with Crippen LogP contribution < -0.4 is 0 Å². The van der Waals surface area contributed by atoms with E-state index in [9.17, 15) is 33.8 Å². The second kappa shape index (κ2) is 4.61. The van der Waals surface area contributed by atoms with Gasteiger partial charge in [0, 0.05) is 5.92 Å². The summed E-state index contributed by atoms with van der Waals surface area (Å²) in [5.41, 5.74) is 0. The molecule has 5 N–H and O–H groups in total. The quantitative estimate of drug-likeness (QED) is 0.345. The molecule has 2 fully saturated rings. The van der Waals surface area contributed by atoms with Crippen molar-refractivity contribution in [3.8, 4) is 0 Å². The number of hydrogen-bond acceptors (Lipinski definition) is 3. The molecule has 1 aliphatic carbocycles. The van der Waals surface area contributed by atoms with Crippen LogP contribution in [0.4, 0.5) is 0 Å². The zero-order chi connectivity index (χ0) is 15.6. The minimum Gasteiger partial charge on any atom is -0.385 e. The molecule has 2 aliphatic rings. The summed E-state index contributed by atoms with van der Waals surface area (Å²) >= 11 is 0. The molecule has 2 rings (SSSR count). The predicted octanol–water partition coefficient (Wildman–Crippen LogP) is -0.342. The number of quaternary nitrogens is 1. The smallest absolute Gasteiger partial charge is 0.346 e. The normalized spacial score (nSPS) is 36.6. The van der Waals surface area contributed by atoms with E-state index in [4.69, 9.17) is 0 Å². The Bertz CT molecular complexity index is 474. The van der Waals surface area contributed by atoms with Crippen LogP contribution in [0.2, 0.25) is 0 Å². The highest BCUT2D eigenvalue weighted by Gasteiger charge is 2.74. The van der Waals surface area contributed by atoms with E-state index in [-0.39, 0.29) is 12.3 Å². The van der Waals surface area contributed by atoms with Gasteiger partial charge in [-0.05, 0) is 19.3 Å². The monoisotopic (exact) mass is 330 g/mol. The Morgan fingerprint density at radius 3 is 2.00 bits per heavy atom. The van der Waals surface area contributed by atoms with Gasteiger partial charge < -0.3 is 29.2 Å². The Labute approximate surface area is 117 Å². The van der Waals surface area contributed by atoms with Crippen molar-refractivity contribution in [1.82, 2.24) is 0 Å². The van der Waals surface area contributed by atoms with Crippen molar-refractivity contribution < 1.29 is 38.3 Å². The summed E-state index contributed by atoms with van der Waals surface area (Å²) in [6.07, 6.45) is -0.635. The summed E-state index contributed by atoms with van der Waals surface area (Å²) < 4.78 is 23.9. The van der Waals surface area contributed by atoms with Gasteiger partial charge in [0.1, 0.15) is 12.1 Å². The largest absolute Gasteiger partial charge is 0.385 e. The van der Waals surface area contributed by atoms with Gasteiger partial charge in [-0.1, -0.05) is 0 Å². The zero-order valence-corrected chi connectivity index (χ0v) is 13.2. The summed E-state index contributed by atoms with van der Waals surface area (Å²) in [4.78, 5) is 35.5. The van der Waals surface area contributed by atoms with Gasteiger partial charge >= 0.3 is 15.2 Å². The molecule has 1 heterocycles. The third kappa shape index (κ3) is 2.14. The number of hydrogen-bond donors (Lipinski definition) is 5. The van der Waals surface area contributed by atoms with Gasteiger partial charge in [-0.25, -0.2) is 0 Å². The molecule has 0 aromatic heterocycles. The van der Waals surface area contributed by atoms with E-state index < -0.39 is 32.2 Å². The van der Waals surface area contributed by atoms with Gasteiger partial charge in [0.25, 0.3) is 0 Å². The van der Waals surface area contributed by atoms with Crippen LogP contribution >= 0.6 is 15.2 Å². The zero-order valence-electron chi connectivity index (χ0n) is 11.5. The van der Waals surface area contributed by atoms with Crippen LogP contribution in [0.5, 0.6) is 0 Å². The summed E-state index contributed by atoms with van der Waals surface area (Å²) in [6, 6.07) is -0.566. The molecule has 10 heteroatoms. The van der Waals surface area contributed by atoms with Gasteiger partial charge in [0.15, 0.2) is 0 Å². The van der Waals surface area contributed by atoms with Crippen LogP contribution in [0, 0.1) is 5.92 Å². The van der Waals surface area contributed by atoms with E-state index in [2.05, 4.69) is 0 Å². The van der Waals surface area contributed by atoms with Crippen molar-refractivity contribution in [1.29, 1.82) is 0 Å². The molecule has 0 spiro atoms. The molecule has 20 heavy (non-hydrogen) atoms. The number of rotatable bonds is 2. The van der Waals surface area contributed by atoms with E-state index in [1.165, 1.54) is 0 Å². The first-order chi connectivity index (χ1) is 8.84. The molecule has 0 aromatic rings. The van der Waals surface area contributed by atoms with Crippen molar-refractivity contribution in [2.45, 2.75) is 36.3 Å². The first-order valence-electron chi connectivity index (χ1n) is 6.46. The number of likely N-dealkylation sites (tertiary alicyclic amines) is 1. The molecule has 1 saturated carbocycles. The Morgan fingerprint density at radius 2 is 1.60 bits per heavy atom. The molecule has 0 aromatic carbocycles. The van der Waals surface area contributed by atoms with Gasteiger partial charge in [0.2, 0.25) is 4.90 Å². The maximum atomic E-state index is 11.8. The van der Waals surface area contributed by atoms with E-state index in [1.54, 1.807) is 0 Å². The van der Waals surface area contributed by atoms with Gasteiger partial charge in [-0.3, -0.25) is 9.13 Å². The highest BCUT2D eigenvalue weighted by molar-refractivity contribution is 7.72. The van der Waals surface area contributed by atoms with Crippen molar-refractivity contribution in [2.24, 2.45) is 5.92 Å². The second-order valence-corrected chi connectivity index (χ2v) is 10.6. The van der Waals surface area contributed by atoms with Gasteiger partial charge in [0.05, 0.1) is 20.6 Å². The molecular weight excluding hydrogens is 308 g/mol. The maximum absolute atomic E-state index is 11.8. The van der Waals surface area contributed by atoms with Crippen molar-refractivity contribution >= 4 is 15.2 Å². The summed E-state index contributed by atoms with van der Waals surface area (Å²) in [5, 5.41) is 10.4. The standard InChI is InChI=1S/C10H21NO7P2/c1-11(2)5-3-4-7-6-10(19(13,14)15,20(16,17)18)9(12)8(7)11/h7-9,12H,3-6H2,1-2H3,(H3-,13,14,15,16,17,18)/p+1. The number of fused-ring (bicyclic) bond motifs is 1. The highest BCUT2D eigenvalue weighted by Crippen LogP contribution is 2.76. The summed E-state index contributed by atoms with van der Waals surface area (Å²) in [6.45, 7) is 0.705. The minimum atomic E-state index is -5.17. The minimum absolute atomic E-state index is 0.297. The first kappa shape index (κ1) is 16.6. The number of nitrogens with zero attached hydrogens (tertiary/aromatic N) is 1. The Balaban J connectivity index is 2.58. The molecular formula is C10H22NO7P2+. The van der Waals surface area contributed by atoms with E-state index in [0.717, 1.165) is 6.42 Å². The lowest BCUT2D eigenvalue weighted by Gasteiger charge is -2.45. The van der Waals surface area contributed by atoms with Crippen molar-refractivity contribution in [3.63, 3.8) is 0 Å². The summed E-state index contributed by atoms with van der Waals surface area (Å²) in [7, 11) is -6.72. The van der Waals surface area contributed by atoms with Crippen molar-refractivity contribution in [2.75, 3.05) is 20.6 Å². The summed E-state index contributed by atoms with van der Waals surface area (Å²) in [5.74, 6) is -0.297. The third-order valence-electron chi connectivity index (χ3n) is 4.97. The lowest BCUT2D eigenvalue weighted by Crippen LogP contribution is -2.60. The lowest BCUT2D eigenvalue weighted by molar-refractivity contribution is -0.926. The average molecular weight is 330 g/mol. The van der Waals surface area contributed by atoms with Crippen molar-refractivity contribution in [3.05, 3.63) is 0 Å². The number of likely N-dealkylation sites (N-methyl/N-ethyl adjacent to an activating group) is 1. The maximum Gasteiger partial charge on any atom is 0.346 e. The highest BCUT2D eigenvalue weighted by atomic mass is 31.2. The lowest BCUT2D eigenvalue weighted by atomic mass is 9.90. The van der Waals surface area contributed by atoms with Gasteiger partial charge in [-0.15, -0.1) is 0 Å². The third-order valence-corrected chi connectivity index (χ3v) is 9.44. The molecule has 118 valence electrons. The van der Waals surface area contributed by atoms with Crippen LogP contribution in [0.1, 0.15) is 19.3 Å². The molecule has 3 atom stereocenters. The molecule has 0 amide bonds. The van der Waals surface area contributed by atoms with E-state index >= 15 is 0 Å². The fraction of sp³-hybridized carbons (Fsp3) is 1.00. The second-order valence-electron chi connectivity index (χ2n) is 6.51. The van der Waals surface area contributed by atoms with Crippen LogP contribution in [0.25, 0.3) is 0 Å².